The van der Waals surface area contributed by atoms with E-state index in [9.17, 15) is 4.79 Å². The second-order valence-corrected chi connectivity index (χ2v) is 5.72. The lowest BCUT2D eigenvalue weighted by Gasteiger charge is -2.16. The summed E-state index contributed by atoms with van der Waals surface area (Å²) in [6.07, 6.45) is 3.85. The Morgan fingerprint density at radius 3 is 2.94 bits per heavy atom. The molecule has 0 saturated heterocycles. The Kier molecular flexibility index (Phi) is 4.23. The molecule has 1 heterocycles. The van der Waals surface area contributed by atoms with Crippen LogP contribution in [0.15, 0.2) is 0 Å². The number of carbonyl (C=O) groups excluding carboxylic acids is 1. The summed E-state index contributed by atoms with van der Waals surface area (Å²) in [5.41, 5.74) is 6.43. The summed E-state index contributed by atoms with van der Waals surface area (Å²) in [6.45, 7) is 2.04. The second kappa shape index (κ2) is 5.71. The number of nitrogens with two attached hydrogens (primary N) is 1. The van der Waals surface area contributed by atoms with Crippen molar-refractivity contribution in [2.24, 2.45) is 11.7 Å². The van der Waals surface area contributed by atoms with E-state index in [0.717, 1.165) is 42.9 Å². The fourth-order valence-corrected chi connectivity index (χ4v) is 2.70. The molecular formula is C11H16N4OS2. The van der Waals surface area contributed by atoms with Crippen LogP contribution in [0.25, 0.3) is 0 Å². The van der Waals surface area contributed by atoms with E-state index in [2.05, 4.69) is 14.9 Å². The highest BCUT2D eigenvalue weighted by molar-refractivity contribution is 7.80. The van der Waals surface area contributed by atoms with Gasteiger partial charge in [0.2, 0.25) is 0 Å². The molecule has 0 spiro atoms. The van der Waals surface area contributed by atoms with Crippen molar-refractivity contribution < 1.29 is 4.79 Å². The normalized spacial score (nSPS) is 16.3. The molecule has 18 heavy (non-hydrogen) atoms. The van der Waals surface area contributed by atoms with Gasteiger partial charge in [-0.05, 0) is 36.7 Å². The van der Waals surface area contributed by atoms with Gasteiger partial charge in [0.25, 0.3) is 5.91 Å². The molecule has 0 aliphatic heterocycles. The van der Waals surface area contributed by atoms with Crippen LogP contribution < -0.4 is 11.1 Å². The Morgan fingerprint density at radius 2 is 2.39 bits per heavy atom. The van der Waals surface area contributed by atoms with Crippen molar-refractivity contribution in [1.82, 2.24) is 14.9 Å². The van der Waals surface area contributed by atoms with Gasteiger partial charge in [-0.25, -0.2) is 0 Å². The highest BCUT2D eigenvalue weighted by Crippen LogP contribution is 2.33. The van der Waals surface area contributed by atoms with Crippen molar-refractivity contribution >= 4 is 34.6 Å². The third kappa shape index (κ3) is 3.02. The topological polar surface area (TPSA) is 80.9 Å². The van der Waals surface area contributed by atoms with Gasteiger partial charge in [0.1, 0.15) is 4.88 Å². The minimum Gasteiger partial charge on any atom is -0.392 e. The predicted molar refractivity (Wildman–Crippen MR) is 74.7 cm³/mol. The molecule has 5 nitrogen and oxygen atoms in total. The fourth-order valence-electron chi connectivity index (χ4n) is 1.84. The first kappa shape index (κ1) is 13.4. The summed E-state index contributed by atoms with van der Waals surface area (Å²) >= 11 is 6.13. The van der Waals surface area contributed by atoms with Crippen LogP contribution in [0.2, 0.25) is 0 Å². The highest BCUT2D eigenvalue weighted by Gasteiger charge is 2.34. The average molecular weight is 284 g/mol. The van der Waals surface area contributed by atoms with Crippen molar-refractivity contribution in [1.29, 1.82) is 0 Å². The number of rotatable bonds is 6. The molecule has 1 atom stereocenters. The Morgan fingerprint density at radius 1 is 1.67 bits per heavy atom. The molecule has 1 saturated carbocycles. The fraction of sp³-hybridized carbons (Fsp3) is 0.636. The molecule has 2 rings (SSSR count). The van der Waals surface area contributed by atoms with Gasteiger partial charge in [0.05, 0.1) is 16.7 Å². The smallest absolute Gasteiger partial charge is 0.265 e. The molecule has 0 aromatic carbocycles. The summed E-state index contributed by atoms with van der Waals surface area (Å²) in [4.78, 5) is 13.1. The third-order valence-corrected chi connectivity index (χ3v) is 3.96. The number of hydrogen-bond donors (Lipinski definition) is 2. The summed E-state index contributed by atoms with van der Waals surface area (Å²) < 4.78 is 3.84. The van der Waals surface area contributed by atoms with Crippen molar-refractivity contribution in [2.75, 3.05) is 0 Å². The zero-order valence-corrected chi connectivity index (χ0v) is 11.8. The number of nitrogens with one attached hydrogen (secondary N) is 1. The van der Waals surface area contributed by atoms with Gasteiger partial charge in [0, 0.05) is 0 Å². The number of aromatic nitrogens is 2. The summed E-state index contributed by atoms with van der Waals surface area (Å²) in [6, 6.07) is -0.191. The largest absolute Gasteiger partial charge is 0.392 e. The molecule has 1 aromatic rings. The number of amides is 1. The first-order chi connectivity index (χ1) is 8.63. The van der Waals surface area contributed by atoms with E-state index < -0.39 is 0 Å². The van der Waals surface area contributed by atoms with Crippen LogP contribution in [0, 0.1) is 5.92 Å². The first-order valence-corrected chi connectivity index (χ1v) is 7.23. The van der Waals surface area contributed by atoms with Crippen LogP contribution >= 0.6 is 23.8 Å². The van der Waals surface area contributed by atoms with E-state index in [0.29, 0.717) is 15.8 Å². The number of thiocarbonyl (C=S) groups is 1. The van der Waals surface area contributed by atoms with Crippen LogP contribution in [0.4, 0.5) is 0 Å². The molecular weight excluding hydrogens is 268 g/mol. The SMILES string of the molecule is CCCc1nnsc1C(=O)NC(C(N)=S)C1CC1. The zero-order valence-electron chi connectivity index (χ0n) is 10.2. The summed E-state index contributed by atoms with van der Waals surface area (Å²) in [5, 5.41) is 6.89. The lowest BCUT2D eigenvalue weighted by atomic mass is 10.1. The molecule has 7 heteroatoms. The maximum atomic E-state index is 12.2. The quantitative estimate of drug-likeness (QED) is 0.769. The van der Waals surface area contributed by atoms with Gasteiger partial charge in [0.15, 0.2) is 0 Å². The van der Waals surface area contributed by atoms with Crippen LogP contribution in [-0.2, 0) is 6.42 Å². The van der Waals surface area contributed by atoms with Gasteiger partial charge >= 0.3 is 0 Å². The van der Waals surface area contributed by atoms with Crippen LogP contribution in [-0.4, -0.2) is 26.5 Å². The van der Waals surface area contributed by atoms with E-state index >= 15 is 0 Å². The average Bonchev–Trinajstić information content (AvgIpc) is 3.05. The number of nitrogens with zero attached hydrogens (tertiary/aromatic N) is 2. The molecule has 1 aromatic heterocycles. The lowest BCUT2D eigenvalue weighted by Crippen LogP contribution is -2.45. The Hall–Kier alpha value is -1.08. The maximum Gasteiger partial charge on any atom is 0.265 e. The summed E-state index contributed by atoms with van der Waals surface area (Å²) in [5.74, 6) is 0.250. The zero-order chi connectivity index (χ0) is 13.1. The molecule has 3 N–H and O–H groups in total. The molecule has 1 amide bonds. The Labute approximate surface area is 115 Å². The molecule has 0 radical (unpaired) electrons. The van der Waals surface area contributed by atoms with Crippen molar-refractivity contribution in [3.63, 3.8) is 0 Å². The number of aryl methyl sites for hydroxylation is 1. The Bertz CT molecular complexity index is 456. The molecule has 98 valence electrons. The lowest BCUT2D eigenvalue weighted by molar-refractivity contribution is 0.0946. The van der Waals surface area contributed by atoms with Crippen LogP contribution in [0.3, 0.4) is 0 Å². The van der Waals surface area contributed by atoms with E-state index in [4.69, 9.17) is 18.0 Å². The Balaban J connectivity index is 2.06. The van der Waals surface area contributed by atoms with Crippen LogP contribution in [0.5, 0.6) is 0 Å². The molecule has 1 aliphatic carbocycles. The standard InChI is InChI=1S/C11H16N4OS2/c1-2-3-7-9(18-15-14-7)11(16)13-8(10(12)17)6-4-5-6/h6,8H,2-5H2,1H3,(H2,12,17)(H,13,16). The van der Waals surface area contributed by atoms with Gasteiger partial charge < -0.3 is 11.1 Å². The third-order valence-electron chi connectivity index (χ3n) is 2.94. The predicted octanol–water partition coefficient (Wildman–Crippen LogP) is 1.29. The van der Waals surface area contributed by atoms with E-state index in [-0.39, 0.29) is 11.9 Å². The molecule has 1 fully saturated rings. The highest BCUT2D eigenvalue weighted by atomic mass is 32.1. The van der Waals surface area contributed by atoms with Gasteiger partial charge in [-0.1, -0.05) is 30.1 Å². The maximum absolute atomic E-state index is 12.2. The summed E-state index contributed by atoms with van der Waals surface area (Å²) in [7, 11) is 0. The van der Waals surface area contributed by atoms with Gasteiger partial charge in [-0.3, -0.25) is 4.79 Å². The molecule has 0 bridgehead atoms. The minimum absolute atomic E-state index is 0.154. The van der Waals surface area contributed by atoms with Crippen molar-refractivity contribution in [3.05, 3.63) is 10.6 Å². The second-order valence-electron chi connectivity index (χ2n) is 4.49. The van der Waals surface area contributed by atoms with Gasteiger partial charge in [-0.2, -0.15) is 0 Å². The molecule has 1 unspecified atom stereocenters. The first-order valence-electron chi connectivity index (χ1n) is 6.05. The van der Waals surface area contributed by atoms with Crippen LogP contribution in [0.1, 0.15) is 41.6 Å². The van der Waals surface area contributed by atoms with Crippen molar-refractivity contribution in [2.45, 2.75) is 38.6 Å². The van der Waals surface area contributed by atoms with Gasteiger partial charge in [-0.15, -0.1) is 5.10 Å². The minimum atomic E-state index is -0.191. The van der Waals surface area contributed by atoms with E-state index in [1.54, 1.807) is 0 Å². The monoisotopic (exact) mass is 284 g/mol. The molecule has 1 aliphatic rings. The number of carbonyl (C=O) groups is 1. The van der Waals surface area contributed by atoms with Crippen molar-refractivity contribution in [3.8, 4) is 0 Å². The van der Waals surface area contributed by atoms with E-state index in [1.807, 2.05) is 6.92 Å². The van der Waals surface area contributed by atoms with E-state index in [1.165, 1.54) is 0 Å². The number of hydrogen-bond acceptors (Lipinski definition) is 5.